The molecule has 1 aliphatic heterocycles. The Morgan fingerprint density at radius 2 is 1.94 bits per heavy atom. The lowest BCUT2D eigenvalue weighted by Gasteiger charge is -2.37. The molecule has 0 aliphatic carbocycles. The summed E-state index contributed by atoms with van der Waals surface area (Å²) in [7, 11) is 5.23. The molecule has 2 aromatic carbocycles. The van der Waals surface area contributed by atoms with Crippen molar-refractivity contribution in [3.8, 4) is 28.6 Å². The Hall–Kier alpha value is -3.26. The van der Waals surface area contributed by atoms with Crippen molar-refractivity contribution in [1.29, 1.82) is 0 Å². The van der Waals surface area contributed by atoms with Crippen molar-refractivity contribution in [3.63, 3.8) is 0 Å². The van der Waals surface area contributed by atoms with Crippen molar-refractivity contribution in [2.24, 2.45) is 0 Å². The predicted octanol–water partition coefficient (Wildman–Crippen LogP) is 3.47. The van der Waals surface area contributed by atoms with Crippen LogP contribution in [0.3, 0.4) is 0 Å². The number of para-hydroxylation sites is 2. The number of rotatable bonds is 8. The summed E-state index contributed by atoms with van der Waals surface area (Å²) in [6.07, 6.45) is 0.0630. The lowest BCUT2D eigenvalue weighted by molar-refractivity contribution is 0.133. The largest absolute Gasteiger partial charge is 0.493 e. The van der Waals surface area contributed by atoms with E-state index in [1.807, 2.05) is 43.4 Å². The molecule has 2 heterocycles. The van der Waals surface area contributed by atoms with E-state index in [1.54, 1.807) is 14.2 Å². The Balaban J connectivity index is 1.40. The van der Waals surface area contributed by atoms with E-state index in [0.29, 0.717) is 29.8 Å². The maximum atomic E-state index is 6.22. The molecule has 0 radical (unpaired) electrons. The molecule has 0 saturated carbocycles. The summed E-state index contributed by atoms with van der Waals surface area (Å²) in [6.45, 7) is 5.24. The topological polar surface area (TPSA) is 73.1 Å². The van der Waals surface area contributed by atoms with E-state index in [2.05, 4.69) is 32.9 Å². The molecule has 0 bridgehead atoms. The summed E-state index contributed by atoms with van der Waals surface area (Å²) in [4.78, 5) is 9.03. The SMILES string of the molecule is CCN1C[C@H](CN(C)Cc2nc(-c3ccc(OC)c(OC)c3)no2)Oc2ccccc21. The molecule has 0 spiro atoms. The fourth-order valence-corrected chi connectivity index (χ4v) is 3.83. The molecular weight excluding hydrogens is 396 g/mol. The molecule has 3 aromatic rings. The van der Waals surface area contributed by atoms with Crippen LogP contribution in [-0.2, 0) is 6.54 Å². The molecule has 0 amide bonds. The summed E-state index contributed by atoms with van der Waals surface area (Å²) in [6, 6.07) is 13.7. The van der Waals surface area contributed by atoms with Gasteiger partial charge in [0.05, 0.1) is 33.0 Å². The Kier molecular flexibility index (Phi) is 6.27. The Morgan fingerprint density at radius 1 is 1.13 bits per heavy atom. The molecule has 1 aromatic heterocycles. The van der Waals surface area contributed by atoms with Crippen LogP contribution in [0.4, 0.5) is 5.69 Å². The average molecular weight is 425 g/mol. The van der Waals surface area contributed by atoms with Gasteiger partial charge >= 0.3 is 0 Å². The number of likely N-dealkylation sites (N-methyl/N-ethyl adjacent to an activating group) is 2. The summed E-state index contributed by atoms with van der Waals surface area (Å²) in [5, 5.41) is 4.12. The number of ether oxygens (including phenoxy) is 3. The number of methoxy groups -OCH3 is 2. The number of anilines is 1. The van der Waals surface area contributed by atoms with Gasteiger partial charge in [-0.05, 0) is 44.3 Å². The number of nitrogens with zero attached hydrogens (tertiary/aromatic N) is 4. The first-order valence-corrected chi connectivity index (χ1v) is 10.4. The van der Waals surface area contributed by atoms with Crippen molar-refractivity contribution in [3.05, 3.63) is 48.4 Å². The Bertz CT molecular complexity index is 1020. The van der Waals surface area contributed by atoms with Crippen LogP contribution in [-0.4, -0.2) is 62.0 Å². The highest BCUT2D eigenvalue weighted by Crippen LogP contribution is 2.33. The van der Waals surface area contributed by atoms with Gasteiger partial charge in [-0.25, -0.2) is 0 Å². The normalized spacial score (nSPS) is 15.5. The quantitative estimate of drug-likeness (QED) is 0.544. The zero-order valence-corrected chi connectivity index (χ0v) is 18.4. The third-order valence-electron chi connectivity index (χ3n) is 5.34. The standard InChI is InChI=1S/C23H28N4O4/c1-5-27-14-17(30-19-9-7-6-8-18(19)27)13-26(2)15-22-24-23(25-31-22)16-10-11-20(28-3)21(12-16)29-4/h6-12,17H,5,13-15H2,1-4H3/t17-/m0/s1. The maximum Gasteiger partial charge on any atom is 0.241 e. The van der Waals surface area contributed by atoms with Gasteiger partial charge < -0.3 is 23.6 Å². The molecule has 0 fully saturated rings. The number of hydrogen-bond donors (Lipinski definition) is 0. The van der Waals surface area contributed by atoms with Crippen LogP contribution in [0.1, 0.15) is 12.8 Å². The molecular formula is C23H28N4O4. The van der Waals surface area contributed by atoms with E-state index in [1.165, 1.54) is 0 Å². The first-order chi connectivity index (χ1) is 15.1. The highest BCUT2D eigenvalue weighted by atomic mass is 16.5. The van der Waals surface area contributed by atoms with Gasteiger partial charge in [-0.15, -0.1) is 0 Å². The van der Waals surface area contributed by atoms with Gasteiger partial charge in [0.2, 0.25) is 11.7 Å². The van der Waals surface area contributed by atoms with Gasteiger partial charge in [0.1, 0.15) is 11.9 Å². The van der Waals surface area contributed by atoms with Crippen LogP contribution in [0.5, 0.6) is 17.2 Å². The molecule has 8 nitrogen and oxygen atoms in total. The minimum atomic E-state index is 0.0630. The summed E-state index contributed by atoms with van der Waals surface area (Å²) in [5.74, 6) is 3.28. The van der Waals surface area contributed by atoms with E-state index >= 15 is 0 Å². The summed E-state index contributed by atoms with van der Waals surface area (Å²) in [5.41, 5.74) is 1.96. The van der Waals surface area contributed by atoms with Crippen LogP contribution in [0.25, 0.3) is 11.4 Å². The Morgan fingerprint density at radius 3 is 2.71 bits per heavy atom. The average Bonchev–Trinajstić information content (AvgIpc) is 3.26. The molecule has 0 N–H and O–H groups in total. The van der Waals surface area contributed by atoms with Crippen molar-refractivity contribution in [2.75, 3.05) is 45.8 Å². The van der Waals surface area contributed by atoms with Gasteiger partial charge in [0.15, 0.2) is 11.5 Å². The summed E-state index contributed by atoms with van der Waals surface area (Å²) >= 11 is 0. The zero-order chi connectivity index (χ0) is 21.8. The van der Waals surface area contributed by atoms with E-state index < -0.39 is 0 Å². The monoisotopic (exact) mass is 424 g/mol. The van der Waals surface area contributed by atoms with E-state index in [-0.39, 0.29) is 6.10 Å². The first kappa shape index (κ1) is 21.0. The molecule has 1 atom stereocenters. The number of benzene rings is 2. The lowest BCUT2D eigenvalue weighted by atomic mass is 10.2. The van der Waals surface area contributed by atoms with Crippen molar-refractivity contribution in [2.45, 2.75) is 19.6 Å². The van der Waals surface area contributed by atoms with Crippen LogP contribution >= 0.6 is 0 Å². The number of fused-ring (bicyclic) bond motifs is 1. The second-order valence-corrected chi connectivity index (χ2v) is 7.52. The molecule has 0 unspecified atom stereocenters. The highest BCUT2D eigenvalue weighted by Gasteiger charge is 2.26. The van der Waals surface area contributed by atoms with Crippen LogP contribution in [0.2, 0.25) is 0 Å². The third kappa shape index (κ3) is 4.59. The minimum Gasteiger partial charge on any atom is -0.493 e. The third-order valence-corrected chi connectivity index (χ3v) is 5.34. The van der Waals surface area contributed by atoms with Gasteiger partial charge in [0.25, 0.3) is 0 Å². The zero-order valence-electron chi connectivity index (χ0n) is 18.4. The second-order valence-electron chi connectivity index (χ2n) is 7.52. The van der Waals surface area contributed by atoms with E-state index in [9.17, 15) is 0 Å². The van der Waals surface area contributed by atoms with Gasteiger partial charge in [-0.3, -0.25) is 4.90 Å². The lowest BCUT2D eigenvalue weighted by Crippen LogP contribution is -2.45. The fourth-order valence-electron chi connectivity index (χ4n) is 3.83. The van der Waals surface area contributed by atoms with Crippen molar-refractivity contribution in [1.82, 2.24) is 15.0 Å². The number of hydrogen-bond acceptors (Lipinski definition) is 8. The smallest absolute Gasteiger partial charge is 0.241 e. The molecule has 4 rings (SSSR count). The molecule has 1 aliphatic rings. The molecule has 164 valence electrons. The second kappa shape index (κ2) is 9.26. The maximum absolute atomic E-state index is 6.22. The van der Waals surface area contributed by atoms with Gasteiger partial charge in [-0.2, -0.15) is 4.98 Å². The van der Waals surface area contributed by atoms with Crippen molar-refractivity contribution >= 4 is 5.69 Å². The predicted molar refractivity (Wildman–Crippen MR) is 118 cm³/mol. The van der Waals surface area contributed by atoms with Gasteiger partial charge in [0, 0.05) is 18.7 Å². The van der Waals surface area contributed by atoms with E-state index in [4.69, 9.17) is 18.7 Å². The highest BCUT2D eigenvalue weighted by molar-refractivity contribution is 5.61. The van der Waals surface area contributed by atoms with E-state index in [0.717, 1.165) is 36.6 Å². The van der Waals surface area contributed by atoms with Crippen LogP contribution in [0.15, 0.2) is 47.0 Å². The van der Waals surface area contributed by atoms with Gasteiger partial charge in [-0.1, -0.05) is 17.3 Å². The van der Waals surface area contributed by atoms with Crippen LogP contribution in [0, 0.1) is 0 Å². The summed E-state index contributed by atoms with van der Waals surface area (Å²) < 4.78 is 22.3. The van der Waals surface area contributed by atoms with Crippen molar-refractivity contribution < 1.29 is 18.7 Å². The Labute approximate surface area is 182 Å². The van der Waals surface area contributed by atoms with Crippen LogP contribution < -0.4 is 19.1 Å². The molecule has 8 heteroatoms. The fraction of sp³-hybridized carbons (Fsp3) is 0.391. The molecule has 0 saturated heterocycles. The molecule has 31 heavy (non-hydrogen) atoms. The minimum absolute atomic E-state index is 0.0630. The first-order valence-electron chi connectivity index (χ1n) is 10.4. The number of aromatic nitrogens is 2.